The number of carbonyl (C=O) groups excluding carboxylic acids is 1. The van der Waals surface area contributed by atoms with E-state index in [1.165, 1.54) is 6.07 Å². The maximum atomic E-state index is 13.1. The van der Waals surface area contributed by atoms with Gasteiger partial charge in [-0.25, -0.2) is 4.79 Å². The highest BCUT2D eigenvalue weighted by Crippen LogP contribution is 2.23. The van der Waals surface area contributed by atoms with Crippen molar-refractivity contribution in [2.75, 3.05) is 5.32 Å². The number of carbonyl (C=O) groups is 2. The molecular formula is C30H21N3O3. The van der Waals surface area contributed by atoms with Gasteiger partial charge in [0.25, 0.3) is 5.91 Å². The third kappa shape index (κ3) is 5.83. The number of nitriles is 2. The van der Waals surface area contributed by atoms with E-state index in [1.54, 1.807) is 42.5 Å². The fraction of sp³-hybridized carbons (Fsp3) is 0.0667. The average molecular weight is 472 g/mol. The molecule has 4 aromatic carbocycles. The maximum Gasteiger partial charge on any atom is 0.335 e. The molecule has 0 radical (unpaired) electrons. The van der Waals surface area contributed by atoms with Crippen molar-refractivity contribution in [3.05, 3.63) is 136 Å². The lowest BCUT2D eigenvalue weighted by molar-refractivity contribution is 0.0696. The molecule has 0 spiro atoms. The van der Waals surface area contributed by atoms with Crippen LogP contribution < -0.4 is 5.32 Å². The number of carboxylic acid groups (broad SMARTS) is 1. The molecule has 1 amide bonds. The number of hydrogen-bond donors (Lipinski definition) is 2. The van der Waals surface area contributed by atoms with Crippen molar-refractivity contribution < 1.29 is 14.7 Å². The third-order valence-corrected chi connectivity index (χ3v) is 5.73. The molecule has 4 rings (SSSR count). The van der Waals surface area contributed by atoms with Gasteiger partial charge in [-0.2, -0.15) is 10.5 Å². The predicted octanol–water partition coefficient (Wildman–Crippen LogP) is 5.56. The molecule has 36 heavy (non-hydrogen) atoms. The van der Waals surface area contributed by atoms with Crippen molar-refractivity contribution >= 4 is 17.6 Å². The minimum absolute atomic E-state index is 0.123. The molecule has 0 aromatic heterocycles. The molecule has 0 fully saturated rings. The number of rotatable bonds is 7. The summed E-state index contributed by atoms with van der Waals surface area (Å²) in [7, 11) is 0. The highest BCUT2D eigenvalue weighted by Gasteiger charge is 2.14. The molecule has 0 bridgehead atoms. The van der Waals surface area contributed by atoms with Crippen LogP contribution in [-0.2, 0) is 12.8 Å². The van der Waals surface area contributed by atoms with Crippen molar-refractivity contribution in [2.45, 2.75) is 12.8 Å². The zero-order chi connectivity index (χ0) is 25.5. The van der Waals surface area contributed by atoms with Crippen molar-refractivity contribution in [3.63, 3.8) is 0 Å². The number of nitrogens with one attached hydrogen (secondary N) is 1. The Bertz CT molecular complexity index is 1530. The second-order valence-corrected chi connectivity index (χ2v) is 8.31. The van der Waals surface area contributed by atoms with E-state index in [0.29, 0.717) is 40.8 Å². The normalized spacial score (nSPS) is 10.2. The first-order valence-electron chi connectivity index (χ1n) is 11.2. The van der Waals surface area contributed by atoms with Gasteiger partial charge in [0.15, 0.2) is 0 Å². The SMILES string of the molecule is N#Cc1ccc(Cc2cc(C(=O)O)ccc2NC(=O)c2cccc(Cc3cccc(C#N)c3)c2)cc1. The lowest BCUT2D eigenvalue weighted by Gasteiger charge is -2.13. The van der Waals surface area contributed by atoms with E-state index in [4.69, 9.17) is 10.5 Å². The lowest BCUT2D eigenvalue weighted by atomic mass is 9.99. The standard InChI is InChI=1S/C30H21N3O3/c31-18-21-9-7-20(8-10-21)15-27-17-26(30(35)36)11-12-28(27)33-29(34)25-6-2-4-23(16-25)13-22-3-1-5-24(14-22)19-32/h1-12,14,16-17H,13,15H2,(H,33,34)(H,35,36). The van der Waals surface area contributed by atoms with Gasteiger partial charge in [0.05, 0.1) is 28.8 Å². The van der Waals surface area contributed by atoms with Gasteiger partial charge in [0, 0.05) is 11.3 Å². The predicted molar refractivity (Wildman–Crippen MR) is 136 cm³/mol. The van der Waals surface area contributed by atoms with Crippen molar-refractivity contribution in [3.8, 4) is 12.1 Å². The van der Waals surface area contributed by atoms with Crippen LogP contribution in [0.3, 0.4) is 0 Å². The number of nitrogens with zero attached hydrogens (tertiary/aromatic N) is 2. The second kappa shape index (κ2) is 10.8. The molecule has 0 atom stereocenters. The number of carboxylic acids is 1. The van der Waals surface area contributed by atoms with Crippen molar-refractivity contribution in [1.82, 2.24) is 0 Å². The second-order valence-electron chi connectivity index (χ2n) is 8.31. The van der Waals surface area contributed by atoms with Crippen LogP contribution in [0.1, 0.15) is 54.1 Å². The van der Waals surface area contributed by atoms with Crippen LogP contribution in [0, 0.1) is 22.7 Å². The van der Waals surface area contributed by atoms with Crippen LogP contribution in [0.2, 0.25) is 0 Å². The van der Waals surface area contributed by atoms with Gasteiger partial charge >= 0.3 is 5.97 Å². The molecule has 0 aliphatic heterocycles. The molecule has 6 nitrogen and oxygen atoms in total. The van der Waals surface area contributed by atoms with Crippen LogP contribution in [0.5, 0.6) is 0 Å². The molecule has 174 valence electrons. The third-order valence-electron chi connectivity index (χ3n) is 5.73. The molecule has 0 aliphatic carbocycles. The molecule has 0 aliphatic rings. The smallest absolute Gasteiger partial charge is 0.335 e. The molecule has 2 N–H and O–H groups in total. The summed E-state index contributed by atoms with van der Waals surface area (Å²) in [6, 6.07) is 30.4. The van der Waals surface area contributed by atoms with Crippen LogP contribution >= 0.6 is 0 Å². The van der Waals surface area contributed by atoms with Gasteiger partial charge in [-0.05, 0) is 89.7 Å². The molecule has 4 aromatic rings. The molecule has 0 saturated carbocycles. The minimum atomic E-state index is -1.05. The molecule has 0 unspecified atom stereocenters. The Morgan fingerprint density at radius 3 is 2.08 bits per heavy atom. The summed E-state index contributed by atoms with van der Waals surface area (Å²) in [5.74, 6) is -1.37. The monoisotopic (exact) mass is 471 g/mol. The zero-order valence-corrected chi connectivity index (χ0v) is 19.2. The first-order valence-corrected chi connectivity index (χ1v) is 11.2. The Hall–Kier alpha value is -5.20. The van der Waals surface area contributed by atoms with Crippen LogP contribution in [0.4, 0.5) is 5.69 Å². The Labute approximate surface area is 208 Å². The van der Waals surface area contributed by atoms with E-state index in [1.807, 2.05) is 42.5 Å². The van der Waals surface area contributed by atoms with Crippen LogP contribution in [-0.4, -0.2) is 17.0 Å². The van der Waals surface area contributed by atoms with E-state index in [-0.39, 0.29) is 11.5 Å². The summed E-state index contributed by atoms with van der Waals surface area (Å²) < 4.78 is 0. The Morgan fingerprint density at radius 1 is 0.694 bits per heavy atom. The van der Waals surface area contributed by atoms with Crippen LogP contribution in [0.15, 0.2) is 91.0 Å². The van der Waals surface area contributed by atoms with Gasteiger partial charge in [-0.15, -0.1) is 0 Å². The fourth-order valence-corrected chi connectivity index (χ4v) is 3.92. The summed E-state index contributed by atoms with van der Waals surface area (Å²) in [6.07, 6.45) is 0.964. The summed E-state index contributed by atoms with van der Waals surface area (Å²) >= 11 is 0. The van der Waals surface area contributed by atoms with Crippen molar-refractivity contribution in [2.24, 2.45) is 0 Å². The van der Waals surface area contributed by atoms with E-state index in [2.05, 4.69) is 17.5 Å². The minimum Gasteiger partial charge on any atom is -0.478 e. The van der Waals surface area contributed by atoms with E-state index in [9.17, 15) is 14.7 Å². The summed E-state index contributed by atoms with van der Waals surface area (Å²) in [5, 5.41) is 30.5. The number of amides is 1. The Morgan fingerprint density at radius 2 is 1.39 bits per heavy atom. The first-order chi connectivity index (χ1) is 17.4. The molecule has 0 saturated heterocycles. The number of benzene rings is 4. The van der Waals surface area contributed by atoms with E-state index >= 15 is 0 Å². The molecule has 6 heteroatoms. The van der Waals surface area contributed by atoms with Crippen molar-refractivity contribution in [1.29, 1.82) is 10.5 Å². The highest BCUT2D eigenvalue weighted by molar-refractivity contribution is 6.05. The largest absolute Gasteiger partial charge is 0.478 e. The zero-order valence-electron chi connectivity index (χ0n) is 19.2. The first kappa shape index (κ1) is 23.9. The lowest BCUT2D eigenvalue weighted by Crippen LogP contribution is -2.14. The number of hydrogen-bond acceptors (Lipinski definition) is 4. The number of aromatic carboxylic acids is 1. The summed E-state index contributed by atoms with van der Waals surface area (Å²) in [6.45, 7) is 0. The number of anilines is 1. The van der Waals surface area contributed by atoms with Crippen LogP contribution in [0.25, 0.3) is 0 Å². The Balaban J connectivity index is 1.57. The topological polar surface area (TPSA) is 114 Å². The summed E-state index contributed by atoms with van der Waals surface area (Å²) in [4.78, 5) is 24.7. The van der Waals surface area contributed by atoms with Gasteiger partial charge in [-0.1, -0.05) is 36.4 Å². The molecular weight excluding hydrogens is 450 g/mol. The van der Waals surface area contributed by atoms with Gasteiger partial charge in [0.2, 0.25) is 0 Å². The maximum absolute atomic E-state index is 13.1. The fourth-order valence-electron chi connectivity index (χ4n) is 3.92. The molecule has 0 heterocycles. The quantitative estimate of drug-likeness (QED) is 0.366. The van der Waals surface area contributed by atoms with Gasteiger partial charge < -0.3 is 10.4 Å². The van der Waals surface area contributed by atoms with Gasteiger partial charge in [0.1, 0.15) is 0 Å². The highest BCUT2D eigenvalue weighted by atomic mass is 16.4. The van der Waals surface area contributed by atoms with E-state index < -0.39 is 5.97 Å². The summed E-state index contributed by atoms with van der Waals surface area (Å²) in [5.41, 5.74) is 5.66. The Kier molecular flexibility index (Phi) is 7.19. The van der Waals surface area contributed by atoms with E-state index in [0.717, 1.165) is 16.7 Å². The average Bonchev–Trinajstić information content (AvgIpc) is 2.90. The van der Waals surface area contributed by atoms with Gasteiger partial charge in [-0.3, -0.25) is 4.79 Å².